The number of para-hydroxylation sites is 4. The fourth-order valence-electron chi connectivity index (χ4n) is 11.5. The zero-order valence-corrected chi connectivity index (χ0v) is 46.4. The third-order valence-corrected chi connectivity index (χ3v) is 15.5. The van der Waals surface area contributed by atoms with E-state index >= 15 is 0 Å². The van der Waals surface area contributed by atoms with Crippen LogP contribution in [0.3, 0.4) is 0 Å². The zero-order chi connectivity index (χ0) is 58.3. The Balaban J connectivity index is 1.10. The van der Waals surface area contributed by atoms with Crippen molar-refractivity contribution >= 4 is 89.8 Å². The SMILES string of the molecule is N#Cc1ccc(N(c2ccc(C#N)cc2)c2ccc3c(-c4ccc(N(c5ccccc5)c5ccccc5)cc4)c4cc(N(c5ccc(C#N)cc5)c5ccc(C#N)cc5)ccc4c(-c4ccc(N(c5ccccc5)c5ccccc5)cc4)c3c2)cc1. The minimum Gasteiger partial charge on any atom is -0.311 e. The molecule has 0 heterocycles. The first-order chi connectivity index (χ1) is 42.5. The van der Waals surface area contributed by atoms with Gasteiger partial charge >= 0.3 is 0 Å². The van der Waals surface area contributed by atoms with Crippen LogP contribution in [0.2, 0.25) is 0 Å². The van der Waals surface area contributed by atoms with Crippen LogP contribution in [0.1, 0.15) is 22.3 Å². The predicted molar refractivity (Wildman–Crippen MR) is 350 cm³/mol. The average molecular weight is 1100 g/mol. The van der Waals surface area contributed by atoms with Gasteiger partial charge in [0, 0.05) is 68.2 Å². The maximum absolute atomic E-state index is 9.91. The molecule has 0 N–H and O–H groups in total. The standard InChI is InChI=1S/C78H50N8/c79-51-55-21-33-65(34-22-55)85(66-35-23-56(52-80)24-36-66)71-46-48-74-75(49-71)77(59-29-41-69(42-30-59)83(61-13-5-1-6-14-61)62-15-7-2-8-16-62)73-47-45-72(86(67-37-25-57(53-81)26-38-67)68-39-27-58(54-82)28-40-68)50-76(73)78(74)60-31-43-70(44-32-60)84(63-17-9-3-10-18-63)64-19-11-4-12-20-64/h1-50H. The van der Waals surface area contributed by atoms with E-state index in [-0.39, 0.29) is 0 Å². The van der Waals surface area contributed by atoms with Crippen molar-refractivity contribution in [1.82, 2.24) is 0 Å². The molecule has 402 valence electrons. The summed E-state index contributed by atoms with van der Waals surface area (Å²) >= 11 is 0. The quantitative estimate of drug-likeness (QED) is 0.0991. The van der Waals surface area contributed by atoms with Gasteiger partial charge in [0.25, 0.3) is 0 Å². The lowest BCUT2D eigenvalue weighted by Gasteiger charge is -2.29. The minimum atomic E-state index is 0.546. The van der Waals surface area contributed by atoms with E-state index < -0.39 is 0 Å². The number of nitrogens with zero attached hydrogens (tertiary/aromatic N) is 8. The van der Waals surface area contributed by atoms with Gasteiger partial charge in [-0.2, -0.15) is 21.0 Å². The first kappa shape index (κ1) is 52.9. The fraction of sp³-hybridized carbons (Fsp3) is 0. The third-order valence-electron chi connectivity index (χ3n) is 15.5. The van der Waals surface area contributed by atoms with Crippen LogP contribution >= 0.6 is 0 Å². The van der Waals surface area contributed by atoms with E-state index in [9.17, 15) is 21.0 Å². The minimum absolute atomic E-state index is 0.546. The Labute approximate surface area is 499 Å². The lowest BCUT2D eigenvalue weighted by atomic mass is 9.85. The molecule has 0 aliphatic rings. The number of anilines is 12. The van der Waals surface area contributed by atoms with E-state index in [4.69, 9.17) is 0 Å². The second-order valence-electron chi connectivity index (χ2n) is 20.6. The molecule has 0 fully saturated rings. The van der Waals surface area contributed by atoms with E-state index in [1.54, 1.807) is 0 Å². The molecule has 0 unspecified atom stereocenters. The van der Waals surface area contributed by atoms with Crippen LogP contribution in [0.15, 0.2) is 303 Å². The molecule has 8 heteroatoms. The van der Waals surface area contributed by atoms with Crippen LogP contribution in [-0.4, -0.2) is 0 Å². The van der Waals surface area contributed by atoms with Gasteiger partial charge in [-0.25, -0.2) is 0 Å². The molecule has 0 aliphatic heterocycles. The van der Waals surface area contributed by atoms with E-state index in [2.05, 4.69) is 226 Å². The molecular weight excluding hydrogens is 1050 g/mol. The average Bonchev–Trinajstić information content (AvgIpc) is 0.851. The van der Waals surface area contributed by atoms with E-state index in [0.29, 0.717) is 22.3 Å². The Bertz CT molecular complexity index is 4240. The van der Waals surface area contributed by atoms with Crippen LogP contribution in [0.25, 0.3) is 43.8 Å². The number of fused-ring (bicyclic) bond motifs is 2. The Kier molecular flexibility index (Phi) is 14.5. The van der Waals surface area contributed by atoms with Crippen LogP contribution in [0, 0.1) is 45.3 Å². The Morgan fingerprint density at radius 1 is 0.186 bits per heavy atom. The molecule has 0 bridgehead atoms. The van der Waals surface area contributed by atoms with E-state index in [0.717, 1.165) is 112 Å². The van der Waals surface area contributed by atoms with Gasteiger partial charge in [0.15, 0.2) is 0 Å². The number of benzene rings is 13. The highest BCUT2D eigenvalue weighted by atomic mass is 15.2. The molecule has 0 spiro atoms. The first-order valence-corrected chi connectivity index (χ1v) is 28.1. The third kappa shape index (κ3) is 10.3. The molecule has 0 atom stereocenters. The molecule has 13 aromatic carbocycles. The lowest BCUT2D eigenvalue weighted by molar-refractivity contribution is 1.28. The summed E-state index contributed by atoms with van der Waals surface area (Å²) in [6, 6.07) is 112. The lowest BCUT2D eigenvalue weighted by Crippen LogP contribution is -2.11. The van der Waals surface area contributed by atoms with Gasteiger partial charge in [-0.3, -0.25) is 0 Å². The molecule has 0 saturated carbocycles. The second-order valence-corrected chi connectivity index (χ2v) is 20.6. The van der Waals surface area contributed by atoms with Crippen LogP contribution in [0.4, 0.5) is 68.2 Å². The Morgan fingerprint density at radius 3 is 0.616 bits per heavy atom. The predicted octanol–water partition coefficient (Wildman–Crippen LogP) is 20.7. The molecule has 8 nitrogen and oxygen atoms in total. The van der Waals surface area contributed by atoms with E-state index in [1.165, 1.54) is 0 Å². The molecule has 0 radical (unpaired) electrons. The van der Waals surface area contributed by atoms with Crippen LogP contribution in [-0.2, 0) is 0 Å². The van der Waals surface area contributed by atoms with Crippen molar-refractivity contribution in [3.63, 3.8) is 0 Å². The summed E-state index contributed by atoms with van der Waals surface area (Å²) in [5, 5.41) is 43.7. The van der Waals surface area contributed by atoms with Crippen molar-refractivity contribution in [2.24, 2.45) is 0 Å². The highest BCUT2D eigenvalue weighted by Gasteiger charge is 2.24. The van der Waals surface area contributed by atoms with Crippen LogP contribution in [0.5, 0.6) is 0 Å². The summed E-state index contributed by atoms with van der Waals surface area (Å²) in [6.07, 6.45) is 0. The zero-order valence-electron chi connectivity index (χ0n) is 46.4. The Hall–Kier alpha value is -12.5. The summed E-state index contributed by atoms with van der Waals surface area (Å²) in [6.45, 7) is 0. The molecule has 0 saturated heterocycles. The van der Waals surface area contributed by atoms with Gasteiger partial charge < -0.3 is 19.6 Å². The molecular formula is C78H50N8. The van der Waals surface area contributed by atoms with Gasteiger partial charge in [-0.05, 0) is 238 Å². The maximum Gasteiger partial charge on any atom is 0.0991 e. The highest BCUT2D eigenvalue weighted by Crippen LogP contribution is 2.50. The molecule has 13 aromatic rings. The van der Waals surface area contributed by atoms with Crippen LogP contribution < -0.4 is 19.6 Å². The van der Waals surface area contributed by atoms with Gasteiger partial charge in [0.05, 0.1) is 46.5 Å². The number of nitriles is 4. The summed E-state index contributed by atoms with van der Waals surface area (Å²) in [5.74, 6) is 0. The summed E-state index contributed by atoms with van der Waals surface area (Å²) < 4.78 is 0. The van der Waals surface area contributed by atoms with Gasteiger partial charge in [0.2, 0.25) is 0 Å². The number of rotatable bonds is 14. The van der Waals surface area contributed by atoms with Gasteiger partial charge in [0.1, 0.15) is 0 Å². The van der Waals surface area contributed by atoms with Gasteiger partial charge in [-0.15, -0.1) is 0 Å². The first-order valence-electron chi connectivity index (χ1n) is 28.1. The molecule has 0 aliphatic carbocycles. The maximum atomic E-state index is 9.91. The molecule has 0 aromatic heterocycles. The van der Waals surface area contributed by atoms with Gasteiger partial charge in [-0.1, -0.05) is 109 Å². The normalized spacial score (nSPS) is 10.7. The largest absolute Gasteiger partial charge is 0.311 e. The summed E-state index contributed by atoms with van der Waals surface area (Å²) in [4.78, 5) is 8.87. The fourth-order valence-corrected chi connectivity index (χ4v) is 11.5. The summed E-state index contributed by atoms with van der Waals surface area (Å²) in [7, 11) is 0. The van der Waals surface area contributed by atoms with E-state index in [1.807, 2.05) is 121 Å². The van der Waals surface area contributed by atoms with Crippen molar-refractivity contribution in [2.45, 2.75) is 0 Å². The molecule has 0 amide bonds. The highest BCUT2D eigenvalue weighted by molar-refractivity contribution is 6.23. The van der Waals surface area contributed by atoms with Crippen molar-refractivity contribution < 1.29 is 0 Å². The van der Waals surface area contributed by atoms with Crippen molar-refractivity contribution in [1.29, 1.82) is 21.0 Å². The smallest absolute Gasteiger partial charge is 0.0991 e. The molecule has 13 rings (SSSR count). The number of hydrogen-bond donors (Lipinski definition) is 0. The molecule has 86 heavy (non-hydrogen) atoms. The van der Waals surface area contributed by atoms with Crippen molar-refractivity contribution in [3.05, 3.63) is 326 Å². The summed E-state index contributed by atoms with van der Waals surface area (Å²) in [5.41, 5.74) is 17.4. The van der Waals surface area contributed by atoms with Crippen molar-refractivity contribution in [3.8, 4) is 46.5 Å². The second kappa shape index (κ2) is 23.6. The monoisotopic (exact) mass is 1100 g/mol. The van der Waals surface area contributed by atoms with Crippen molar-refractivity contribution in [2.75, 3.05) is 19.6 Å². The Morgan fingerprint density at radius 2 is 0.384 bits per heavy atom. The topological polar surface area (TPSA) is 108 Å². The number of hydrogen-bond acceptors (Lipinski definition) is 8.